The number of nitrogens with zero attached hydrogens (tertiary/aromatic N) is 2. The van der Waals surface area contributed by atoms with Crippen LogP contribution in [0.3, 0.4) is 0 Å². The summed E-state index contributed by atoms with van der Waals surface area (Å²) in [5.41, 5.74) is 2.92. The van der Waals surface area contributed by atoms with Gasteiger partial charge in [-0.1, -0.05) is 6.08 Å². The Bertz CT molecular complexity index is 609. The van der Waals surface area contributed by atoms with Gasteiger partial charge in [0.15, 0.2) is 0 Å². The second kappa shape index (κ2) is 5.35. The van der Waals surface area contributed by atoms with Crippen LogP contribution in [0.4, 0.5) is 11.4 Å². The minimum absolute atomic E-state index is 0.143. The van der Waals surface area contributed by atoms with E-state index in [1.807, 2.05) is 41.0 Å². The van der Waals surface area contributed by atoms with E-state index in [-0.39, 0.29) is 17.7 Å². The Balaban J connectivity index is 1.86. The molecule has 0 radical (unpaired) electrons. The van der Waals surface area contributed by atoms with Crippen molar-refractivity contribution in [3.8, 4) is 0 Å². The maximum atomic E-state index is 12.1. The zero-order valence-electron chi connectivity index (χ0n) is 12.3. The highest BCUT2D eigenvalue weighted by Crippen LogP contribution is 2.31. The van der Waals surface area contributed by atoms with E-state index < -0.39 is 0 Å². The number of anilines is 2. The van der Waals surface area contributed by atoms with Crippen LogP contribution in [0.1, 0.15) is 24.8 Å². The summed E-state index contributed by atoms with van der Waals surface area (Å²) in [4.78, 5) is 27.6. The molecule has 0 spiro atoms. The highest BCUT2D eigenvalue weighted by Gasteiger charge is 2.29. The third-order valence-corrected chi connectivity index (χ3v) is 4.34. The van der Waals surface area contributed by atoms with E-state index >= 15 is 0 Å². The van der Waals surface area contributed by atoms with E-state index in [1.54, 1.807) is 0 Å². The van der Waals surface area contributed by atoms with Crippen molar-refractivity contribution in [1.82, 2.24) is 0 Å². The first-order chi connectivity index (χ1) is 10.1. The van der Waals surface area contributed by atoms with Gasteiger partial charge in [-0.05, 0) is 37.1 Å². The number of hydrogen-bond donors (Lipinski definition) is 0. The molecule has 2 aliphatic heterocycles. The van der Waals surface area contributed by atoms with Crippen LogP contribution in [-0.4, -0.2) is 24.9 Å². The molecule has 2 aliphatic rings. The fourth-order valence-corrected chi connectivity index (χ4v) is 3.16. The van der Waals surface area contributed by atoms with Gasteiger partial charge in [-0.25, -0.2) is 0 Å². The molecule has 2 heterocycles. The number of amides is 2. The van der Waals surface area contributed by atoms with Crippen molar-refractivity contribution in [2.75, 3.05) is 22.9 Å². The topological polar surface area (TPSA) is 40.6 Å². The summed E-state index contributed by atoms with van der Waals surface area (Å²) in [7, 11) is 0. The van der Waals surface area contributed by atoms with E-state index in [0.29, 0.717) is 19.4 Å². The number of aryl methyl sites for hydroxylation is 1. The molecule has 1 unspecified atom stereocenters. The molecule has 110 valence electrons. The van der Waals surface area contributed by atoms with Gasteiger partial charge in [0.1, 0.15) is 0 Å². The molecule has 0 bridgehead atoms. The highest BCUT2D eigenvalue weighted by atomic mass is 16.2. The van der Waals surface area contributed by atoms with Crippen molar-refractivity contribution in [1.29, 1.82) is 0 Å². The third kappa shape index (κ3) is 2.46. The van der Waals surface area contributed by atoms with Gasteiger partial charge in [0.05, 0.1) is 0 Å². The van der Waals surface area contributed by atoms with Gasteiger partial charge in [-0.15, -0.1) is 6.58 Å². The molecule has 2 saturated heterocycles. The number of rotatable bonds is 3. The van der Waals surface area contributed by atoms with Crippen LogP contribution in [0.25, 0.3) is 0 Å². The van der Waals surface area contributed by atoms with Crippen molar-refractivity contribution in [2.45, 2.75) is 26.2 Å². The predicted molar refractivity (Wildman–Crippen MR) is 83.4 cm³/mol. The molecule has 4 nitrogen and oxygen atoms in total. The van der Waals surface area contributed by atoms with Crippen molar-refractivity contribution in [3.63, 3.8) is 0 Å². The van der Waals surface area contributed by atoms with Gasteiger partial charge in [0, 0.05) is 43.2 Å². The fraction of sp³-hybridized carbons (Fsp3) is 0.412. The molecule has 1 aromatic rings. The molecule has 21 heavy (non-hydrogen) atoms. The van der Waals surface area contributed by atoms with E-state index in [9.17, 15) is 9.59 Å². The lowest BCUT2D eigenvalue weighted by molar-refractivity contribution is -0.118. The second-order valence-electron chi connectivity index (χ2n) is 5.82. The molecular weight excluding hydrogens is 264 g/mol. The zero-order chi connectivity index (χ0) is 15.0. The summed E-state index contributed by atoms with van der Waals surface area (Å²) in [6.45, 7) is 7.26. The first kappa shape index (κ1) is 13.9. The van der Waals surface area contributed by atoms with E-state index in [4.69, 9.17) is 0 Å². The van der Waals surface area contributed by atoms with Crippen LogP contribution in [0.2, 0.25) is 0 Å². The predicted octanol–water partition coefficient (Wildman–Crippen LogP) is 2.66. The standard InChI is InChI=1S/C17H20N2O2/c1-3-13-10-17(21)19(11-13)14-6-7-15(12(2)9-14)18-8-4-5-16(18)20/h3,6-7,9,13H,1,4-5,8,10-11H2,2H3. The lowest BCUT2D eigenvalue weighted by atomic mass is 10.1. The summed E-state index contributed by atoms with van der Waals surface area (Å²) >= 11 is 0. The molecule has 0 saturated carbocycles. The number of hydrogen-bond acceptors (Lipinski definition) is 2. The fourth-order valence-electron chi connectivity index (χ4n) is 3.16. The molecular formula is C17H20N2O2. The molecule has 2 amide bonds. The summed E-state index contributed by atoms with van der Waals surface area (Å²) in [5.74, 6) is 0.566. The Morgan fingerprint density at radius 2 is 2.05 bits per heavy atom. The number of benzene rings is 1. The van der Waals surface area contributed by atoms with Crippen LogP contribution in [-0.2, 0) is 9.59 Å². The lowest BCUT2D eigenvalue weighted by Gasteiger charge is -2.22. The molecule has 0 N–H and O–H groups in total. The van der Waals surface area contributed by atoms with Crippen LogP contribution in [0.15, 0.2) is 30.9 Å². The Hall–Kier alpha value is -2.10. The first-order valence-corrected chi connectivity index (χ1v) is 7.44. The normalized spacial score (nSPS) is 22.2. The Labute approximate surface area is 125 Å². The molecule has 4 heteroatoms. The smallest absolute Gasteiger partial charge is 0.227 e. The van der Waals surface area contributed by atoms with Crippen molar-refractivity contribution >= 4 is 23.2 Å². The summed E-state index contributed by atoms with van der Waals surface area (Å²) in [6.07, 6.45) is 3.94. The van der Waals surface area contributed by atoms with E-state index in [0.717, 1.165) is 29.9 Å². The largest absolute Gasteiger partial charge is 0.312 e. The molecule has 1 atom stereocenters. The van der Waals surface area contributed by atoms with Crippen molar-refractivity contribution < 1.29 is 9.59 Å². The summed E-state index contributed by atoms with van der Waals surface area (Å²) < 4.78 is 0. The Morgan fingerprint density at radius 1 is 1.24 bits per heavy atom. The minimum Gasteiger partial charge on any atom is -0.312 e. The highest BCUT2D eigenvalue weighted by molar-refractivity contribution is 5.98. The first-order valence-electron chi connectivity index (χ1n) is 7.44. The van der Waals surface area contributed by atoms with E-state index in [2.05, 4.69) is 6.58 Å². The van der Waals surface area contributed by atoms with Crippen molar-refractivity contribution in [2.24, 2.45) is 5.92 Å². The van der Waals surface area contributed by atoms with Crippen LogP contribution >= 0.6 is 0 Å². The van der Waals surface area contributed by atoms with Gasteiger partial charge in [-0.2, -0.15) is 0 Å². The Morgan fingerprint density at radius 3 is 2.62 bits per heavy atom. The average molecular weight is 284 g/mol. The number of carbonyl (C=O) groups excluding carboxylic acids is 2. The van der Waals surface area contributed by atoms with Crippen molar-refractivity contribution in [3.05, 3.63) is 36.4 Å². The third-order valence-electron chi connectivity index (χ3n) is 4.34. The van der Waals surface area contributed by atoms with Gasteiger partial charge >= 0.3 is 0 Å². The molecule has 0 aromatic heterocycles. The van der Waals surface area contributed by atoms with Gasteiger partial charge in [0.2, 0.25) is 11.8 Å². The number of carbonyl (C=O) groups is 2. The molecule has 1 aromatic carbocycles. The summed E-state index contributed by atoms with van der Waals surface area (Å²) in [6, 6.07) is 5.91. The zero-order valence-corrected chi connectivity index (χ0v) is 12.3. The second-order valence-corrected chi connectivity index (χ2v) is 5.82. The van der Waals surface area contributed by atoms with Gasteiger partial charge < -0.3 is 9.80 Å². The molecule has 0 aliphatic carbocycles. The van der Waals surface area contributed by atoms with Gasteiger partial charge in [-0.3, -0.25) is 9.59 Å². The lowest BCUT2D eigenvalue weighted by Crippen LogP contribution is -2.26. The Kier molecular flexibility index (Phi) is 3.53. The SMILES string of the molecule is C=CC1CC(=O)N(c2ccc(N3CCCC3=O)c(C)c2)C1. The molecule has 3 rings (SSSR count). The van der Waals surface area contributed by atoms with Gasteiger partial charge in [0.25, 0.3) is 0 Å². The molecule has 2 fully saturated rings. The maximum Gasteiger partial charge on any atom is 0.227 e. The summed E-state index contributed by atoms with van der Waals surface area (Å²) in [5, 5.41) is 0. The van der Waals surface area contributed by atoms with Crippen LogP contribution < -0.4 is 9.80 Å². The minimum atomic E-state index is 0.143. The maximum absolute atomic E-state index is 12.1. The monoisotopic (exact) mass is 284 g/mol. The van der Waals surface area contributed by atoms with Crippen LogP contribution in [0.5, 0.6) is 0 Å². The quantitative estimate of drug-likeness (QED) is 0.801. The van der Waals surface area contributed by atoms with E-state index in [1.165, 1.54) is 0 Å². The van der Waals surface area contributed by atoms with Crippen LogP contribution in [0, 0.1) is 12.8 Å². The average Bonchev–Trinajstić information content (AvgIpc) is 3.05.